The fourth-order valence-electron chi connectivity index (χ4n) is 2.83. The largest absolute Gasteiger partial charge is 0.481 e. The molecule has 8 heteroatoms. The van der Waals surface area contributed by atoms with Gasteiger partial charge in [-0.3, -0.25) is 9.36 Å². The third-order valence-electron chi connectivity index (χ3n) is 4.21. The highest BCUT2D eigenvalue weighted by Crippen LogP contribution is 2.21. The average Bonchev–Trinajstić information content (AvgIpc) is 3.16. The summed E-state index contributed by atoms with van der Waals surface area (Å²) in [6.45, 7) is 0. The Labute approximate surface area is 140 Å². The number of amides is 1. The van der Waals surface area contributed by atoms with Crippen molar-refractivity contribution in [3.63, 3.8) is 0 Å². The van der Waals surface area contributed by atoms with Gasteiger partial charge in [0.2, 0.25) is 11.8 Å². The summed E-state index contributed by atoms with van der Waals surface area (Å²) in [5.41, 5.74) is 0.277. The maximum Gasteiger partial charge on any atom is 0.270 e. The van der Waals surface area contributed by atoms with E-state index in [1.54, 1.807) is 30.4 Å². The molecule has 0 atom stereocenters. The van der Waals surface area contributed by atoms with Crippen molar-refractivity contribution in [2.24, 2.45) is 0 Å². The number of aromatic nitrogens is 4. The fraction of sp³-hybridized carbons (Fsp3) is 0.500. The lowest BCUT2D eigenvalue weighted by atomic mass is 9.93. The van der Waals surface area contributed by atoms with Crippen molar-refractivity contribution in [3.05, 3.63) is 30.5 Å². The van der Waals surface area contributed by atoms with Gasteiger partial charge in [-0.2, -0.15) is 4.98 Å². The number of carbonyl (C=O) groups excluding carboxylic acids is 1. The molecule has 2 aromatic rings. The number of imidazole rings is 1. The highest BCUT2D eigenvalue weighted by Gasteiger charge is 2.23. The van der Waals surface area contributed by atoms with Gasteiger partial charge in [-0.05, 0) is 25.7 Å². The van der Waals surface area contributed by atoms with Gasteiger partial charge in [-0.25, -0.2) is 9.97 Å². The van der Waals surface area contributed by atoms with E-state index in [1.165, 1.54) is 13.2 Å². The number of ether oxygens (including phenoxy) is 2. The molecular formula is C16H21N5O3. The Morgan fingerprint density at radius 3 is 2.67 bits per heavy atom. The first kappa shape index (κ1) is 16.4. The molecule has 0 spiro atoms. The molecule has 1 aliphatic carbocycles. The molecule has 2 aromatic heterocycles. The van der Waals surface area contributed by atoms with Crippen molar-refractivity contribution in [1.29, 1.82) is 0 Å². The monoisotopic (exact) mass is 331 g/mol. The van der Waals surface area contributed by atoms with Crippen LogP contribution in [0.25, 0.3) is 5.95 Å². The van der Waals surface area contributed by atoms with Crippen LogP contribution in [-0.4, -0.2) is 51.8 Å². The van der Waals surface area contributed by atoms with Gasteiger partial charge >= 0.3 is 0 Å². The minimum atomic E-state index is -0.224. The van der Waals surface area contributed by atoms with E-state index in [9.17, 15) is 4.79 Å². The van der Waals surface area contributed by atoms with Crippen LogP contribution in [0.5, 0.6) is 5.88 Å². The average molecular weight is 331 g/mol. The molecule has 3 rings (SSSR count). The van der Waals surface area contributed by atoms with Crippen LogP contribution in [0.1, 0.15) is 36.2 Å². The van der Waals surface area contributed by atoms with Crippen molar-refractivity contribution in [2.45, 2.75) is 37.8 Å². The van der Waals surface area contributed by atoms with Gasteiger partial charge in [0.25, 0.3) is 5.91 Å². The Kier molecular flexibility index (Phi) is 5.05. The van der Waals surface area contributed by atoms with Crippen LogP contribution >= 0.6 is 0 Å². The van der Waals surface area contributed by atoms with E-state index in [1.807, 2.05) is 0 Å². The number of methoxy groups -OCH3 is 2. The van der Waals surface area contributed by atoms with Gasteiger partial charge in [0, 0.05) is 31.6 Å². The topological polar surface area (TPSA) is 91.2 Å². The van der Waals surface area contributed by atoms with Gasteiger partial charge < -0.3 is 14.8 Å². The molecule has 0 radical (unpaired) electrons. The molecule has 8 nitrogen and oxygen atoms in total. The summed E-state index contributed by atoms with van der Waals surface area (Å²) in [5, 5.41) is 3.04. The second kappa shape index (κ2) is 7.39. The zero-order valence-corrected chi connectivity index (χ0v) is 13.8. The predicted octanol–water partition coefficient (Wildman–Crippen LogP) is 1.36. The standard InChI is InChI=1S/C16H21N5O3/c1-23-12-5-3-11(4-6-12)18-15(22)13-9-14(24-2)20-16(19-13)21-8-7-17-10-21/h7-12H,3-6H2,1-2H3,(H,18,22)/t11-,12-. The minimum absolute atomic E-state index is 0.140. The SMILES string of the molecule is COc1cc(C(=O)N[C@H]2CC[C@H](OC)CC2)nc(-n2ccnc2)n1. The lowest BCUT2D eigenvalue weighted by Gasteiger charge is -2.28. The number of hydrogen-bond acceptors (Lipinski definition) is 6. The number of nitrogens with zero attached hydrogens (tertiary/aromatic N) is 4. The lowest BCUT2D eigenvalue weighted by molar-refractivity contribution is 0.0598. The molecule has 0 unspecified atom stereocenters. The summed E-state index contributed by atoms with van der Waals surface area (Å²) in [5.74, 6) is 0.458. The molecule has 1 saturated carbocycles. The Hall–Kier alpha value is -2.48. The van der Waals surface area contributed by atoms with E-state index < -0.39 is 0 Å². The summed E-state index contributed by atoms with van der Waals surface area (Å²) < 4.78 is 12.2. The van der Waals surface area contributed by atoms with Crippen LogP contribution in [0, 0.1) is 0 Å². The molecule has 0 aromatic carbocycles. The van der Waals surface area contributed by atoms with E-state index >= 15 is 0 Å². The van der Waals surface area contributed by atoms with Gasteiger partial charge in [0.1, 0.15) is 12.0 Å². The third kappa shape index (κ3) is 3.70. The number of hydrogen-bond donors (Lipinski definition) is 1. The smallest absolute Gasteiger partial charge is 0.270 e. The van der Waals surface area contributed by atoms with Crippen LogP contribution in [0.2, 0.25) is 0 Å². The third-order valence-corrected chi connectivity index (χ3v) is 4.21. The molecule has 0 bridgehead atoms. The van der Waals surface area contributed by atoms with Crippen LogP contribution in [0.4, 0.5) is 0 Å². The van der Waals surface area contributed by atoms with Gasteiger partial charge in [0.15, 0.2) is 0 Å². The van der Waals surface area contributed by atoms with E-state index in [0.717, 1.165) is 25.7 Å². The van der Waals surface area contributed by atoms with Crippen molar-refractivity contribution in [3.8, 4) is 11.8 Å². The van der Waals surface area contributed by atoms with E-state index in [-0.39, 0.29) is 17.6 Å². The van der Waals surface area contributed by atoms with Crippen LogP contribution in [-0.2, 0) is 4.74 Å². The Balaban J connectivity index is 1.73. The molecule has 24 heavy (non-hydrogen) atoms. The predicted molar refractivity (Wildman–Crippen MR) is 86.2 cm³/mol. The zero-order chi connectivity index (χ0) is 16.9. The summed E-state index contributed by atoms with van der Waals surface area (Å²) in [6.07, 6.45) is 8.91. The molecule has 1 aliphatic rings. The maximum absolute atomic E-state index is 12.5. The second-order valence-corrected chi connectivity index (χ2v) is 5.75. The molecule has 128 valence electrons. The summed E-state index contributed by atoms with van der Waals surface area (Å²) >= 11 is 0. The first-order valence-electron chi connectivity index (χ1n) is 7.94. The molecule has 1 fully saturated rings. The number of nitrogens with one attached hydrogen (secondary N) is 1. The normalized spacial score (nSPS) is 20.6. The summed E-state index contributed by atoms with van der Waals surface area (Å²) in [7, 11) is 3.24. The molecular weight excluding hydrogens is 310 g/mol. The van der Waals surface area contributed by atoms with Crippen LogP contribution in [0.15, 0.2) is 24.8 Å². The molecule has 0 aliphatic heterocycles. The number of rotatable bonds is 5. The molecule has 2 heterocycles. The van der Waals surface area contributed by atoms with E-state index in [4.69, 9.17) is 9.47 Å². The highest BCUT2D eigenvalue weighted by molar-refractivity contribution is 5.92. The Bertz CT molecular complexity index is 681. The van der Waals surface area contributed by atoms with E-state index in [2.05, 4.69) is 20.3 Å². The first-order valence-corrected chi connectivity index (χ1v) is 7.94. The highest BCUT2D eigenvalue weighted by atomic mass is 16.5. The molecule has 1 amide bonds. The maximum atomic E-state index is 12.5. The van der Waals surface area contributed by atoms with Crippen molar-refractivity contribution < 1.29 is 14.3 Å². The fourth-order valence-corrected chi connectivity index (χ4v) is 2.83. The first-order chi connectivity index (χ1) is 11.7. The second-order valence-electron chi connectivity index (χ2n) is 5.75. The van der Waals surface area contributed by atoms with Gasteiger partial charge in [-0.15, -0.1) is 0 Å². The van der Waals surface area contributed by atoms with Crippen molar-refractivity contribution >= 4 is 5.91 Å². The van der Waals surface area contributed by atoms with Crippen molar-refractivity contribution in [2.75, 3.05) is 14.2 Å². The summed E-state index contributed by atoms with van der Waals surface area (Å²) in [6, 6.07) is 1.68. The van der Waals surface area contributed by atoms with Gasteiger partial charge in [0.05, 0.1) is 13.2 Å². The molecule has 1 N–H and O–H groups in total. The minimum Gasteiger partial charge on any atom is -0.481 e. The Morgan fingerprint density at radius 1 is 1.25 bits per heavy atom. The zero-order valence-electron chi connectivity index (χ0n) is 13.8. The lowest BCUT2D eigenvalue weighted by Crippen LogP contribution is -2.39. The quantitative estimate of drug-likeness (QED) is 0.889. The number of carbonyl (C=O) groups is 1. The van der Waals surface area contributed by atoms with Gasteiger partial charge in [-0.1, -0.05) is 0 Å². The van der Waals surface area contributed by atoms with Crippen LogP contribution < -0.4 is 10.1 Å². The molecule has 0 saturated heterocycles. The van der Waals surface area contributed by atoms with Crippen molar-refractivity contribution in [1.82, 2.24) is 24.8 Å². The summed E-state index contributed by atoms with van der Waals surface area (Å²) in [4.78, 5) is 25.1. The van der Waals surface area contributed by atoms with Crippen LogP contribution in [0.3, 0.4) is 0 Å². The Morgan fingerprint density at radius 2 is 2.04 bits per heavy atom. The van der Waals surface area contributed by atoms with E-state index in [0.29, 0.717) is 17.9 Å².